The number of hydrogen-bond donors (Lipinski definition) is 0. The first-order valence-electron chi connectivity index (χ1n) is 8.23. The molecule has 0 N–H and O–H groups in total. The molecule has 1 saturated carbocycles. The fourth-order valence-electron chi connectivity index (χ4n) is 2.72. The van der Waals surface area contributed by atoms with E-state index >= 15 is 0 Å². The molecule has 0 aromatic rings. The van der Waals surface area contributed by atoms with Crippen molar-refractivity contribution in [1.29, 1.82) is 0 Å². The van der Waals surface area contributed by atoms with E-state index in [-0.39, 0.29) is 0 Å². The lowest BCUT2D eigenvalue weighted by Gasteiger charge is -2.28. The van der Waals surface area contributed by atoms with E-state index in [1.807, 2.05) is 0 Å². The molecule has 0 radical (unpaired) electrons. The van der Waals surface area contributed by atoms with Gasteiger partial charge in [0.2, 0.25) is 0 Å². The van der Waals surface area contributed by atoms with Gasteiger partial charge in [-0.1, -0.05) is 64.3 Å². The zero-order valence-corrected chi connectivity index (χ0v) is 13.9. The van der Waals surface area contributed by atoms with E-state index in [9.17, 15) is 0 Å². The Morgan fingerprint density at radius 1 is 1.37 bits per heavy atom. The smallest absolute Gasteiger partial charge is 0.0205 e. The minimum absolute atomic E-state index is 0.427. The van der Waals surface area contributed by atoms with Crippen molar-refractivity contribution in [3.8, 4) is 0 Å². The summed E-state index contributed by atoms with van der Waals surface area (Å²) >= 11 is 0. The summed E-state index contributed by atoms with van der Waals surface area (Å²) in [5.41, 5.74) is 3.51. The lowest BCUT2D eigenvalue weighted by Crippen LogP contribution is -2.15. The Morgan fingerprint density at radius 3 is 2.47 bits per heavy atom. The monoisotopic (exact) mass is 262 g/mol. The normalized spacial score (nSPS) is 21.0. The Labute approximate surface area is 121 Å². The third kappa shape index (κ3) is 5.97. The summed E-state index contributed by atoms with van der Waals surface area (Å²) in [6.45, 7) is 16.0. The van der Waals surface area contributed by atoms with Crippen LogP contribution in [-0.2, 0) is 0 Å². The zero-order valence-electron chi connectivity index (χ0n) is 13.9. The van der Waals surface area contributed by atoms with Crippen LogP contribution in [0.25, 0.3) is 0 Å². The topological polar surface area (TPSA) is 0 Å². The van der Waals surface area contributed by atoms with Gasteiger partial charge in [0.25, 0.3) is 0 Å². The van der Waals surface area contributed by atoms with Crippen LogP contribution in [0, 0.1) is 17.3 Å². The molecule has 0 nitrogen and oxygen atoms in total. The molecule has 0 amide bonds. The van der Waals surface area contributed by atoms with Gasteiger partial charge in [-0.15, -0.1) is 0 Å². The van der Waals surface area contributed by atoms with Gasteiger partial charge in [-0.3, -0.25) is 0 Å². The van der Waals surface area contributed by atoms with Crippen LogP contribution >= 0.6 is 0 Å². The van der Waals surface area contributed by atoms with Gasteiger partial charge < -0.3 is 0 Å². The lowest BCUT2D eigenvalue weighted by molar-refractivity contribution is 0.306. The van der Waals surface area contributed by atoms with Gasteiger partial charge in [-0.25, -0.2) is 0 Å². The fourth-order valence-corrected chi connectivity index (χ4v) is 2.72. The highest BCUT2D eigenvalue weighted by molar-refractivity contribution is 5.11. The van der Waals surface area contributed by atoms with Crippen LogP contribution < -0.4 is 0 Å². The van der Waals surface area contributed by atoms with E-state index in [2.05, 4.69) is 47.3 Å². The summed E-state index contributed by atoms with van der Waals surface area (Å²) in [4.78, 5) is 0. The van der Waals surface area contributed by atoms with Crippen LogP contribution in [0.2, 0.25) is 0 Å². The van der Waals surface area contributed by atoms with Crippen LogP contribution in [0.3, 0.4) is 0 Å². The first-order valence-corrected chi connectivity index (χ1v) is 8.23. The predicted octanol–water partition coefficient (Wildman–Crippen LogP) is 6.53. The summed E-state index contributed by atoms with van der Waals surface area (Å²) < 4.78 is 0. The molecule has 0 aliphatic heterocycles. The maximum absolute atomic E-state index is 4.32. The second-order valence-electron chi connectivity index (χ2n) is 7.25. The molecular formula is C19H34. The van der Waals surface area contributed by atoms with Gasteiger partial charge in [0.1, 0.15) is 0 Å². The molecule has 1 rings (SSSR count). The van der Waals surface area contributed by atoms with Crippen LogP contribution in [0.15, 0.2) is 23.8 Å². The predicted molar refractivity (Wildman–Crippen MR) is 87.3 cm³/mol. The maximum Gasteiger partial charge on any atom is -0.0205 e. The van der Waals surface area contributed by atoms with Crippen molar-refractivity contribution in [3.05, 3.63) is 23.8 Å². The van der Waals surface area contributed by atoms with Crippen molar-refractivity contribution in [3.63, 3.8) is 0 Å². The molecule has 0 heterocycles. The van der Waals surface area contributed by atoms with Crippen molar-refractivity contribution in [2.75, 3.05) is 0 Å². The van der Waals surface area contributed by atoms with Gasteiger partial charge in [0.15, 0.2) is 0 Å². The Morgan fingerprint density at radius 2 is 2.00 bits per heavy atom. The average molecular weight is 262 g/mol. The van der Waals surface area contributed by atoms with Gasteiger partial charge in [-0.2, -0.15) is 0 Å². The lowest BCUT2D eigenvalue weighted by atomic mass is 9.77. The van der Waals surface area contributed by atoms with E-state index in [1.165, 1.54) is 50.5 Å². The Kier molecular flexibility index (Phi) is 6.36. The highest BCUT2D eigenvalue weighted by Crippen LogP contribution is 2.43. The number of hydrogen-bond acceptors (Lipinski definition) is 0. The van der Waals surface area contributed by atoms with Gasteiger partial charge in [0, 0.05) is 0 Å². The van der Waals surface area contributed by atoms with E-state index in [0.717, 1.165) is 11.8 Å². The van der Waals surface area contributed by atoms with Crippen LogP contribution in [0.4, 0.5) is 0 Å². The first-order chi connectivity index (χ1) is 8.90. The maximum atomic E-state index is 4.32. The summed E-state index contributed by atoms with van der Waals surface area (Å²) in [6.07, 6.45) is 11.5. The van der Waals surface area contributed by atoms with Crippen LogP contribution in [0.1, 0.15) is 79.6 Å². The Hall–Kier alpha value is -0.520. The largest absolute Gasteiger partial charge is 0.0996 e. The highest BCUT2D eigenvalue weighted by Gasteiger charge is 2.30. The van der Waals surface area contributed by atoms with E-state index in [0.29, 0.717) is 5.41 Å². The molecule has 1 aliphatic carbocycles. The molecule has 0 spiro atoms. The second kappa shape index (κ2) is 7.31. The standard InChI is InChI=1S/C19H34/c1-7-15(3)13-16(4)11-12-19(6,8-2)14-17(5)18-9-10-18/h11,15,18H,5,7-10,12-14H2,1-4,6H3. The van der Waals surface area contributed by atoms with Crippen molar-refractivity contribution in [2.24, 2.45) is 17.3 Å². The third-order valence-corrected chi connectivity index (χ3v) is 4.97. The molecule has 0 saturated heterocycles. The van der Waals surface area contributed by atoms with Crippen molar-refractivity contribution in [2.45, 2.75) is 79.6 Å². The van der Waals surface area contributed by atoms with Crippen molar-refractivity contribution < 1.29 is 0 Å². The van der Waals surface area contributed by atoms with Gasteiger partial charge >= 0.3 is 0 Å². The van der Waals surface area contributed by atoms with Crippen LogP contribution in [0.5, 0.6) is 0 Å². The molecule has 0 heteroatoms. The summed E-state index contributed by atoms with van der Waals surface area (Å²) in [7, 11) is 0. The molecule has 1 fully saturated rings. The summed E-state index contributed by atoms with van der Waals surface area (Å²) in [5, 5.41) is 0. The quantitative estimate of drug-likeness (QED) is 0.414. The minimum Gasteiger partial charge on any atom is -0.0996 e. The molecule has 19 heavy (non-hydrogen) atoms. The van der Waals surface area contributed by atoms with E-state index in [1.54, 1.807) is 5.57 Å². The molecule has 0 bridgehead atoms. The average Bonchev–Trinajstić information content (AvgIpc) is 3.20. The summed E-state index contributed by atoms with van der Waals surface area (Å²) in [5.74, 6) is 1.68. The molecule has 2 unspecified atom stereocenters. The molecule has 0 aromatic heterocycles. The van der Waals surface area contributed by atoms with E-state index in [4.69, 9.17) is 0 Å². The van der Waals surface area contributed by atoms with Crippen molar-refractivity contribution in [1.82, 2.24) is 0 Å². The second-order valence-corrected chi connectivity index (χ2v) is 7.25. The molecule has 1 aliphatic rings. The number of rotatable bonds is 9. The SMILES string of the molecule is C=C(CC(C)(CC)CC=C(C)CC(C)CC)C1CC1. The molecular weight excluding hydrogens is 228 g/mol. The minimum atomic E-state index is 0.427. The van der Waals surface area contributed by atoms with Crippen LogP contribution in [-0.4, -0.2) is 0 Å². The third-order valence-electron chi connectivity index (χ3n) is 4.97. The van der Waals surface area contributed by atoms with Crippen molar-refractivity contribution >= 4 is 0 Å². The van der Waals surface area contributed by atoms with Gasteiger partial charge in [-0.05, 0) is 56.3 Å². The van der Waals surface area contributed by atoms with Gasteiger partial charge in [0.05, 0.1) is 0 Å². The molecule has 0 aromatic carbocycles. The highest BCUT2D eigenvalue weighted by atomic mass is 14.3. The number of allylic oxidation sites excluding steroid dienone is 3. The zero-order chi connectivity index (χ0) is 14.5. The first kappa shape index (κ1) is 16.5. The molecule has 2 atom stereocenters. The molecule has 110 valence electrons. The fraction of sp³-hybridized carbons (Fsp3) is 0.789. The summed E-state index contributed by atoms with van der Waals surface area (Å²) in [6, 6.07) is 0. The Bertz CT molecular complexity index is 319. The Balaban J connectivity index is 2.49. The van der Waals surface area contributed by atoms with E-state index < -0.39 is 0 Å².